The smallest absolute Gasteiger partial charge is 0.266 e. The van der Waals surface area contributed by atoms with Crippen LogP contribution in [-0.4, -0.2) is 29.6 Å². The molecule has 1 saturated heterocycles. The fourth-order valence-electron chi connectivity index (χ4n) is 2.44. The van der Waals surface area contributed by atoms with Gasteiger partial charge < -0.3 is 4.74 Å². The summed E-state index contributed by atoms with van der Waals surface area (Å²) in [5, 5.41) is 1.24. The van der Waals surface area contributed by atoms with Gasteiger partial charge in [0.05, 0.1) is 17.2 Å². The zero-order chi connectivity index (χ0) is 18.7. The molecule has 0 spiro atoms. The summed E-state index contributed by atoms with van der Waals surface area (Å²) in [6, 6.07) is 13.3. The molecule has 26 heavy (non-hydrogen) atoms. The minimum atomic E-state index is -0.0942. The highest BCUT2D eigenvalue weighted by Crippen LogP contribution is 2.35. The van der Waals surface area contributed by atoms with E-state index in [-0.39, 0.29) is 5.91 Å². The van der Waals surface area contributed by atoms with Crippen molar-refractivity contribution in [1.82, 2.24) is 4.90 Å². The second-order valence-corrected chi connectivity index (χ2v) is 7.27. The van der Waals surface area contributed by atoms with Crippen LogP contribution < -0.4 is 4.74 Å². The Morgan fingerprint density at radius 1 is 1.23 bits per heavy atom. The first-order chi connectivity index (χ1) is 12.5. The maximum absolute atomic E-state index is 12.6. The standard InChI is InChI=1S/C20H19ClN2O2S/c1-4-25-17-10-7-15(21)11-14(17)12-18-19(24)23(3)20(26-18)22-16-8-5-13(2)6-9-16/h5-12H,4H2,1-3H3/b18-12+,22-20?. The monoisotopic (exact) mass is 386 g/mol. The van der Waals surface area contributed by atoms with E-state index in [2.05, 4.69) is 4.99 Å². The summed E-state index contributed by atoms with van der Waals surface area (Å²) in [6.45, 7) is 4.48. The fraction of sp³-hybridized carbons (Fsp3) is 0.200. The number of halogens is 1. The lowest BCUT2D eigenvalue weighted by atomic mass is 10.2. The molecule has 0 saturated carbocycles. The van der Waals surface area contributed by atoms with E-state index in [1.54, 1.807) is 30.2 Å². The highest BCUT2D eigenvalue weighted by atomic mass is 35.5. The number of nitrogens with zero attached hydrogens (tertiary/aromatic N) is 2. The van der Waals surface area contributed by atoms with Gasteiger partial charge in [0.2, 0.25) is 0 Å². The Morgan fingerprint density at radius 2 is 1.96 bits per heavy atom. The van der Waals surface area contributed by atoms with E-state index in [1.165, 1.54) is 17.3 Å². The molecule has 0 bridgehead atoms. The number of ether oxygens (including phenoxy) is 1. The molecule has 1 heterocycles. The number of thioether (sulfide) groups is 1. The molecule has 6 heteroatoms. The van der Waals surface area contributed by atoms with Crippen LogP contribution in [0, 0.1) is 6.92 Å². The van der Waals surface area contributed by atoms with Crippen LogP contribution in [0.4, 0.5) is 5.69 Å². The zero-order valence-electron chi connectivity index (χ0n) is 14.8. The molecule has 0 unspecified atom stereocenters. The van der Waals surface area contributed by atoms with Gasteiger partial charge in [-0.1, -0.05) is 29.3 Å². The first kappa shape index (κ1) is 18.5. The molecule has 0 aliphatic carbocycles. The number of amides is 1. The first-order valence-corrected chi connectivity index (χ1v) is 9.42. The average molecular weight is 387 g/mol. The summed E-state index contributed by atoms with van der Waals surface area (Å²) in [5.41, 5.74) is 2.76. The van der Waals surface area contributed by atoms with Gasteiger partial charge in [0.25, 0.3) is 5.91 Å². The number of aryl methyl sites for hydroxylation is 1. The van der Waals surface area contributed by atoms with Crippen LogP contribution >= 0.6 is 23.4 Å². The van der Waals surface area contributed by atoms with Crippen molar-refractivity contribution < 1.29 is 9.53 Å². The fourth-order valence-corrected chi connectivity index (χ4v) is 3.60. The largest absolute Gasteiger partial charge is 0.493 e. The van der Waals surface area contributed by atoms with Gasteiger partial charge in [0.1, 0.15) is 5.75 Å². The molecule has 2 aromatic rings. The third-order valence-corrected chi connectivity index (χ3v) is 5.12. The molecule has 1 fully saturated rings. The molecule has 0 aromatic heterocycles. The second kappa shape index (κ2) is 7.98. The van der Waals surface area contributed by atoms with Gasteiger partial charge in [-0.3, -0.25) is 9.69 Å². The molecule has 1 amide bonds. The SMILES string of the molecule is CCOc1ccc(Cl)cc1/C=C1/SC(=Nc2ccc(C)cc2)N(C)C1=O. The predicted molar refractivity (Wildman–Crippen MR) is 109 cm³/mol. The number of benzene rings is 2. The van der Waals surface area contributed by atoms with E-state index in [9.17, 15) is 4.79 Å². The number of carbonyl (C=O) groups is 1. The van der Waals surface area contributed by atoms with E-state index in [4.69, 9.17) is 16.3 Å². The number of aliphatic imine (C=N–C) groups is 1. The first-order valence-electron chi connectivity index (χ1n) is 8.23. The van der Waals surface area contributed by atoms with E-state index in [1.807, 2.05) is 44.2 Å². The maximum atomic E-state index is 12.6. The molecule has 0 radical (unpaired) electrons. The number of likely N-dealkylation sites (N-methyl/N-ethyl adjacent to an activating group) is 1. The summed E-state index contributed by atoms with van der Waals surface area (Å²) in [6.07, 6.45) is 1.80. The molecule has 1 aliphatic rings. The minimum Gasteiger partial charge on any atom is -0.493 e. The molecule has 0 N–H and O–H groups in total. The van der Waals surface area contributed by atoms with Gasteiger partial charge in [0, 0.05) is 17.6 Å². The second-order valence-electron chi connectivity index (χ2n) is 5.82. The van der Waals surface area contributed by atoms with Crippen molar-refractivity contribution in [3.05, 3.63) is 63.5 Å². The van der Waals surface area contributed by atoms with Crippen LogP contribution in [0.2, 0.25) is 5.02 Å². The number of amidine groups is 1. The van der Waals surface area contributed by atoms with Gasteiger partial charge in [-0.05, 0) is 62.0 Å². The lowest BCUT2D eigenvalue weighted by molar-refractivity contribution is -0.121. The normalized spacial score (nSPS) is 17.4. The topological polar surface area (TPSA) is 41.9 Å². The summed E-state index contributed by atoms with van der Waals surface area (Å²) < 4.78 is 5.63. The molecular formula is C20H19ClN2O2S. The zero-order valence-corrected chi connectivity index (χ0v) is 16.4. The van der Waals surface area contributed by atoms with Crippen molar-refractivity contribution in [2.24, 2.45) is 4.99 Å². The van der Waals surface area contributed by atoms with Gasteiger partial charge in [-0.25, -0.2) is 4.99 Å². The van der Waals surface area contributed by atoms with Crippen LogP contribution in [-0.2, 0) is 4.79 Å². The highest BCUT2D eigenvalue weighted by Gasteiger charge is 2.30. The summed E-state index contributed by atoms with van der Waals surface area (Å²) in [7, 11) is 1.73. The third-order valence-electron chi connectivity index (χ3n) is 3.82. The number of carbonyl (C=O) groups excluding carboxylic acids is 1. The van der Waals surface area contributed by atoms with Crippen molar-refractivity contribution in [1.29, 1.82) is 0 Å². The summed E-state index contributed by atoms with van der Waals surface area (Å²) in [4.78, 5) is 19.3. The van der Waals surface area contributed by atoms with Gasteiger partial charge in [-0.2, -0.15) is 0 Å². The molecule has 1 aliphatic heterocycles. The number of hydrogen-bond donors (Lipinski definition) is 0. The Balaban J connectivity index is 1.93. The van der Waals surface area contributed by atoms with E-state index in [0.29, 0.717) is 27.5 Å². The molecule has 134 valence electrons. The molecule has 3 rings (SSSR count). The highest BCUT2D eigenvalue weighted by molar-refractivity contribution is 8.18. The maximum Gasteiger partial charge on any atom is 0.266 e. The quantitative estimate of drug-likeness (QED) is 0.671. The van der Waals surface area contributed by atoms with E-state index >= 15 is 0 Å². The minimum absolute atomic E-state index is 0.0942. The van der Waals surface area contributed by atoms with Crippen molar-refractivity contribution >= 4 is 46.2 Å². The molecule has 2 aromatic carbocycles. The Bertz CT molecular complexity index is 891. The summed E-state index contributed by atoms with van der Waals surface area (Å²) >= 11 is 7.45. The Hall–Kier alpha value is -2.24. The van der Waals surface area contributed by atoms with Crippen molar-refractivity contribution in [3.63, 3.8) is 0 Å². The summed E-state index contributed by atoms with van der Waals surface area (Å²) in [5.74, 6) is 0.604. The molecular weight excluding hydrogens is 368 g/mol. The van der Waals surface area contributed by atoms with Crippen LogP contribution in [0.3, 0.4) is 0 Å². The van der Waals surface area contributed by atoms with Gasteiger partial charge in [-0.15, -0.1) is 0 Å². The van der Waals surface area contributed by atoms with Crippen LogP contribution in [0.1, 0.15) is 18.1 Å². The van der Waals surface area contributed by atoms with Gasteiger partial charge >= 0.3 is 0 Å². The van der Waals surface area contributed by atoms with Crippen LogP contribution in [0.5, 0.6) is 5.75 Å². The number of rotatable bonds is 4. The lowest BCUT2D eigenvalue weighted by Crippen LogP contribution is -2.23. The molecule has 0 atom stereocenters. The Kier molecular flexibility index (Phi) is 5.69. The van der Waals surface area contributed by atoms with E-state index in [0.717, 1.165) is 11.3 Å². The van der Waals surface area contributed by atoms with E-state index < -0.39 is 0 Å². The predicted octanol–water partition coefficient (Wildman–Crippen LogP) is 5.28. The lowest BCUT2D eigenvalue weighted by Gasteiger charge is -2.08. The molecule has 4 nitrogen and oxygen atoms in total. The number of hydrogen-bond acceptors (Lipinski definition) is 4. The van der Waals surface area contributed by atoms with Crippen LogP contribution in [0.25, 0.3) is 6.08 Å². The third kappa shape index (κ3) is 4.11. The average Bonchev–Trinajstić information content (AvgIpc) is 2.87. The van der Waals surface area contributed by atoms with Crippen molar-refractivity contribution in [2.45, 2.75) is 13.8 Å². The van der Waals surface area contributed by atoms with Gasteiger partial charge in [0.15, 0.2) is 5.17 Å². The Labute approximate surface area is 162 Å². The van der Waals surface area contributed by atoms with Crippen LogP contribution in [0.15, 0.2) is 52.4 Å². The van der Waals surface area contributed by atoms with Crippen molar-refractivity contribution in [3.8, 4) is 5.75 Å². The van der Waals surface area contributed by atoms with Crippen molar-refractivity contribution in [2.75, 3.05) is 13.7 Å². The Morgan fingerprint density at radius 3 is 2.65 bits per heavy atom.